The Kier molecular flexibility index (Phi) is 4.54. The Labute approximate surface area is 162 Å². The van der Waals surface area contributed by atoms with Gasteiger partial charge in [0.05, 0.1) is 5.56 Å². The molecule has 0 saturated carbocycles. The van der Waals surface area contributed by atoms with E-state index >= 15 is 0 Å². The van der Waals surface area contributed by atoms with Gasteiger partial charge in [0, 0.05) is 29.6 Å². The number of rotatable bonds is 4. The Morgan fingerprint density at radius 1 is 0.862 bits per heavy atom. The fourth-order valence-corrected chi connectivity index (χ4v) is 3.36. The molecule has 3 aromatic carbocycles. The first-order valence-corrected chi connectivity index (χ1v) is 8.70. The molecule has 0 aliphatic carbocycles. The van der Waals surface area contributed by atoms with Crippen LogP contribution in [0, 0.1) is 17.5 Å². The molecule has 1 aliphatic rings. The van der Waals surface area contributed by atoms with E-state index in [0.29, 0.717) is 22.6 Å². The lowest BCUT2D eigenvalue weighted by molar-refractivity contribution is 0.0607. The second kappa shape index (κ2) is 7.05. The van der Waals surface area contributed by atoms with Gasteiger partial charge in [0.1, 0.15) is 0 Å². The summed E-state index contributed by atoms with van der Waals surface area (Å²) in [4.78, 5) is 38.5. The predicted octanol–water partition coefficient (Wildman–Crippen LogP) is 3.28. The van der Waals surface area contributed by atoms with E-state index in [-0.39, 0.29) is 13.1 Å². The van der Waals surface area contributed by atoms with Gasteiger partial charge in [0.15, 0.2) is 17.5 Å². The second-order valence-corrected chi connectivity index (χ2v) is 6.45. The van der Waals surface area contributed by atoms with E-state index in [0.717, 1.165) is 16.4 Å². The molecule has 1 N–H and O–H groups in total. The largest absolute Gasteiger partial charge is 0.350 e. The predicted molar refractivity (Wildman–Crippen MR) is 98.0 cm³/mol. The van der Waals surface area contributed by atoms with Gasteiger partial charge in [0.25, 0.3) is 17.7 Å². The molecule has 5 nitrogen and oxygen atoms in total. The van der Waals surface area contributed by atoms with Gasteiger partial charge in [-0.25, -0.2) is 13.2 Å². The summed E-state index contributed by atoms with van der Waals surface area (Å²) in [6.45, 7) is -0.355. The Bertz CT molecular complexity index is 1140. The molecular weight excluding hydrogens is 385 g/mol. The van der Waals surface area contributed by atoms with Crippen molar-refractivity contribution in [3.63, 3.8) is 0 Å². The van der Waals surface area contributed by atoms with Gasteiger partial charge in [-0.3, -0.25) is 19.3 Å². The van der Waals surface area contributed by atoms with Crippen molar-refractivity contribution >= 4 is 28.5 Å². The van der Waals surface area contributed by atoms with Crippen LogP contribution in [-0.4, -0.2) is 35.7 Å². The van der Waals surface area contributed by atoms with E-state index in [4.69, 9.17) is 0 Å². The van der Waals surface area contributed by atoms with Gasteiger partial charge in [-0.05, 0) is 29.7 Å². The Hall–Kier alpha value is -3.68. The van der Waals surface area contributed by atoms with E-state index in [1.165, 1.54) is 0 Å². The second-order valence-electron chi connectivity index (χ2n) is 6.45. The van der Waals surface area contributed by atoms with Crippen LogP contribution in [0.15, 0.2) is 48.5 Å². The maximum Gasteiger partial charge on any atom is 0.261 e. The van der Waals surface area contributed by atoms with E-state index in [1.807, 2.05) is 0 Å². The van der Waals surface area contributed by atoms with Gasteiger partial charge < -0.3 is 5.32 Å². The van der Waals surface area contributed by atoms with Crippen molar-refractivity contribution in [2.45, 2.75) is 0 Å². The van der Waals surface area contributed by atoms with Crippen LogP contribution in [0.1, 0.15) is 31.1 Å². The summed E-state index contributed by atoms with van der Waals surface area (Å²) in [5, 5.41) is 3.65. The zero-order valence-electron chi connectivity index (χ0n) is 14.8. The number of carbonyl (C=O) groups is 3. The topological polar surface area (TPSA) is 66.5 Å². The summed E-state index contributed by atoms with van der Waals surface area (Å²) >= 11 is 0. The number of halogens is 3. The van der Waals surface area contributed by atoms with Crippen molar-refractivity contribution in [3.05, 3.63) is 82.7 Å². The standard InChI is InChI=1S/C21H13F3N2O3/c22-15-8-7-14(17(23)18(15)24)19(27)25-9-10-26-20(28)12-5-1-3-11-4-2-6-13(16(11)12)21(26)29/h1-8H,9-10H2,(H,25,27). The Balaban J connectivity index is 1.51. The third kappa shape index (κ3) is 3.02. The summed E-state index contributed by atoms with van der Waals surface area (Å²) in [5.41, 5.74) is 0.0710. The summed E-state index contributed by atoms with van der Waals surface area (Å²) < 4.78 is 40.0. The highest BCUT2D eigenvalue weighted by atomic mass is 19.2. The SMILES string of the molecule is O=C(NCCN1C(=O)c2cccc3cccc(c23)C1=O)c1ccc(F)c(F)c1F. The number of nitrogens with one attached hydrogen (secondary N) is 1. The summed E-state index contributed by atoms with van der Waals surface area (Å²) in [6, 6.07) is 11.7. The van der Waals surface area contributed by atoms with E-state index in [2.05, 4.69) is 5.32 Å². The molecule has 146 valence electrons. The minimum atomic E-state index is -1.75. The maximum atomic E-state index is 13.7. The number of imide groups is 1. The lowest BCUT2D eigenvalue weighted by Crippen LogP contribution is -2.44. The summed E-state index contributed by atoms with van der Waals surface area (Å²) in [7, 11) is 0. The minimum Gasteiger partial charge on any atom is -0.350 e. The number of hydrogen-bond donors (Lipinski definition) is 1. The molecule has 0 fully saturated rings. The average Bonchev–Trinajstić information content (AvgIpc) is 2.72. The molecule has 0 unspecified atom stereocenters. The first kappa shape index (κ1) is 18.7. The normalized spacial score (nSPS) is 13.1. The van der Waals surface area contributed by atoms with Crippen LogP contribution in [0.4, 0.5) is 13.2 Å². The maximum absolute atomic E-state index is 13.7. The van der Waals surface area contributed by atoms with Crippen molar-refractivity contribution in [1.29, 1.82) is 0 Å². The van der Waals surface area contributed by atoms with Gasteiger partial charge in [-0.15, -0.1) is 0 Å². The zero-order chi connectivity index (χ0) is 20.7. The molecule has 4 rings (SSSR count). The highest BCUT2D eigenvalue weighted by Crippen LogP contribution is 2.29. The molecule has 8 heteroatoms. The van der Waals surface area contributed by atoms with Crippen LogP contribution in [0.3, 0.4) is 0 Å². The summed E-state index contributed by atoms with van der Waals surface area (Å²) in [5.74, 6) is -6.76. The minimum absolute atomic E-state index is 0.167. The zero-order valence-corrected chi connectivity index (χ0v) is 14.8. The lowest BCUT2D eigenvalue weighted by atomic mass is 9.94. The third-order valence-electron chi connectivity index (χ3n) is 4.76. The highest BCUT2D eigenvalue weighted by Gasteiger charge is 2.32. The van der Waals surface area contributed by atoms with Crippen LogP contribution < -0.4 is 5.32 Å². The monoisotopic (exact) mass is 398 g/mol. The molecule has 29 heavy (non-hydrogen) atoms. The van der Waals surface area contributed by atoms with Gasteiger partial charge in [-0.1, -0.05) is 24.3 Å². The van der Waals surface area contributed by atoms with E-state index < -0.39 is 40.7 Å². The molecule has 0 aromatic heterocycles. The number of nitrogens with zero attached hydrogens (tertiary/aromatic N) is 1. The first-order chi connectivity index (χ1) is 13.9. The number of carbonyl (C=O) groups excluding carboxylic acids is 3. The fourth-order valence-electron chi connectivity index (χ4n) is 3.36. The molecule has 1 heterocycles. The molecule has 3 amide bonds. The van der Waals surface area contributed by atoms with Crippen molar-refractivity contribution in [3.8, 4) is 0 Å². The number of benzene rings is 3. The molecule has 0 bridgehead atoms. The van der Waals surface area contributed by atoms with Crippen molar-refractivity contribution < 1.29 is 27.6 Å². The Morgan fingerprint density at radius 3 is 2.10 bits per heavy atom. The quantitative estimate of drug-likeness (QED) is 0.542. The third-order valence-corrected chi connectivity index (χ3v) is 4.76. The molecule has 0 saturated heterocycles. The fraction of sp³-hybridized carbons (Fsp3) is 0.0952. The van der Waals surface area contributed by atoms with Crippen LogP contribution in [0.5, 0.6) is 0 Å². The lowest BCUT2D eigenvalue weighted by Gasteiger charge is -2.27. The number of hydrogen-bond acceptors (Lipinski definition) is 3. The Morgan fingerprint density at radius 2 is 1.48 bits per heavy atom. The van der Waals surface area contributed by atoms with Crippen molar-refractivity contribution in [2.24, 2.45) is 0 Å². The van der Waals surface area contributed by atoms with Crippen LogP contribution in [0.25, 0.3) is 10.8 Å². The van der Waals surface area contributed by atoms with Crippen LogP contribution in [0.2, 0.25) is 0 Å². The van der Waals surface area contributed by atoms with Crippen LogP contribution >= 0.6 is 0 Å². The van der Waals surface area contributed by atoms with Gasteiger partial charge in [-0.2, -0.15) is 0 Å². The smallest absolute Gasteiger partial charge is 0.261 e. The molecule has 0 atom stereocenters. The molecule has 1 aliphatic heterocycles. The van der Waals surface area contributed by atoms with E-state index in [1.54, 1.807) is 36.4 Å². The van der Waals surface area contributed by atoms with Crippen molar-refractivity contribution in [1.82, 2.24) is 10.2 Å². The molecule has 0 radical (unpaired) electrons. The summed E-state index contributed by atoms with van der Waals surface area (Å²) in [6.07, 6.45) is 0. The highest BCUT2D eigenvalue weighted by molar-refractivity contribution is 6.25. The molecular formula is C21H13F3N2O3. The van der Waals surface area contributed by atoms with Gasteiger partial charge >= 0.3 is 0 Å². The van der Waals surface area contributed by atoms with E-state index in [9.17, 15) is 27.6 Å². The average molecular weight is 398 g/mol. The first-order valence-electron chi connectivity index (χ1n) is 8.70. The van der Waals surface area contributed by atoms with Crippen LogP contribution in [-0.2, 0) is 0 Å². The van der Waals surface area contributed by atoms with Gasteiger partial charge in [0.2, 0.25) is 0 Å². The number of amides is 3. The molecule has 0 spiro atoms. The van der Waals surface area contributed by atoms with Crippen molar-refractivity contribution in [2.75, 3.05) is 13.1 Å². The molecule has 3 aromatic rings.